The highest BCUT2D eigenvalue weighted by Crippen LogP contribution is 2.16. The summed E-state index contributed by atoms with van der Waals surface area (Å²) < 4.78 is 13.9. The van der Waals surface area contributed by atoms with Gasteiger partial charge in [0, 0.05) is 38.8 Å². The van der Waals surface area contributed by atoms with Gasteiger partial charge in [-0.2, -0.15) is 0 Å². The van der Waals surface area contributed by atoms with Crippen LogP contribution in [0.4, 0.5) is 4.39 Å². The molecule has 1 atom stereocenters. The molecule has 2 rings (SSSR count). The maximum absolute atomic E-state index is 13.4. The maximum Gasteiger partial charge on any atom is 0.137 e. The normalized spacial score (nSPS) is 21.8. The number of likely N-dealkylation sites (N-methyl/N-ethyl adjacent to an activating group) is 2. The summed E-state index contributed by atoms with van der Waals surface area (Å²) in [4.78, 5) is 4.74. The van der Waals surface area contributed by atoms with Crippen molar-refractivity contribution in [2.45, 2.75) is 12.6 Å². The molecular formula is C14H21BrFN3. The summed E-state index contributed by atoms with van der Waals surface area (Å²) in [5.74, 6) is -0.200. The van der Waals surface area contributed by atoms with E-state index in [0.717, 1.165) is 31.7 Å². The molecule has 0 amide bonds. The van der Waals surface area contributed by atoms with Crippen LogP contribution in [0.2, 0.25) is 0 Å². The molecule has 1 heterocycles. The molecule has 1 aliphatic heterocycles. The zero-order chi connectivity index (χ0) is 13.8. The van der Waals surface area contributed by atoms with Crippen molar-refractivity contribution in [1.29, 1.82) is 0 Å². The van der Waals surface area contributed by atoms with Gasteiger partial charge in [-0.3, -0.25) is 4.90 Å². The number of nitrogens with one attached hydrogen (secondary N) is 1. The van der Waals surface area contributed by atoms with Crippen LogP contribution >= 0.6 is 15.9 Å². The Morgan fingerprint density at radius 3 is 2.89 bits per heavy atom. The summed E-state index contributed by atoms with van der Waals surface area (Å²) in [6.07, 6.45) is 0. The van der Waals surface area contributed by atoms with Crippen molar-refractivity contribution in [3.05, 3.63) is 34.1 Å². The van der Waals surface area contributed by atoms with Crippen molar-refractivity contribution in [3.63, 3.8) is 0 Å². The molecule has 0 aromatic heterocycles. The predicted octanol–water partition coefficient (Wildman–Crippen LogP) is 1.92. The van der Waals surface area contributed by atoms with Gasteiger partial charge in [-0.05, 0) is 47.7 Å². The number of rotatable bonds is 4. The summed E-state index contributed by atoms with van der Waals surface area (Å²) in [5, 5.41) is 3.42. The van der Waals surface area contributed by atoms with Gasteiger partial charge in [0.1, 0.15) is 5.82 Å². The highest BCUT2D eigenvalue weighted by Gasteiger charge is 2.21. The van der Waals surface area contributed by atoms with E-state index in [1.807, 2.05) is 6.07 Å². The maximum atomic E-state index is 13.4. The van der Waals surface area contributed by atoms with Crippen LogP contribution in [-0.2, 0) is 6.54 Å². The molecule has 1 unspecified atom stereocenters. The average molecular weight is 330 g/mol. The van der Waals surface area contributed by atoms with Crippen LogP contribution < -0.4 is 5.32 Å². The van der Waals surface area contributed by atoms with E-state index in [2.05, 4.69) is 45.1 Å². The van der Waals surface area contributed by atoms with Gasteiger partial charge in [-0.25, -0.2) is 4.39 Å². The van der Waals surface area contributed by atoms with Crippen molar-refractivity contribution < 1.29 is 4.39 Å². The van der Waals surface area contributed by atoms with Gasteiger partial charge < -0.3 is 10.2 Å². The quantitative estimate of drug-likeness (QED) is 0.910. The Kier molecular flexibility index (Phi) is 5.33. The summed E-state index contributed by atoms with van der Waals surface area (Å²) in [6, 6.07) is 5.80. The fourth-order valence-corrected chi connectivity index (χ4v) is 2.60. The van der Waals surface area contributed by atoms with E-state index >= 15 is 0 Å². The Morgan fingerprint density at radius 2 is 2.16 bits per heavy atom. The number of nitrogens with zero attached hydrogens (tertiary/aromatic N) is 2. The third-order valence-corrected chi connectivity index (χ3v) is 4.32. The molecule has 3 nitrogen and oxygen atoms in total. The Balaban J connectivity index is 1.80. The second-order valence-electron chi connectivity index (χ2n) is 5.28. The monoisotopic (exact) mass is 329 g/mol. The largest absolute Gasteiger partial charge is 0.311 e. The van der Waals surface area contributed by atoms with Gasteiger partial charge >= 0.3 is 0 Å². The number of benzene rings is 1. The van der Waals surface area contributed by atoms with Crippen LogP contribution in [0.15, 0.2) is 22.7 Å². The van der Waals surface area contributed by atoms with Gasteiger partial charge in [0.05, 0.1) is 4.47 Å². The van der Waals surface area contributed by atoms with Crippen LogP contribution in [0.3, 0.4) is 0 Å². The molecule has 1 N–H and O–H groups in total. The van der Waals surface area contributed by atoms with Gasteiger partial charge in [0.2, 0.25) is 0 Å². The topological polar surface area (TPSA) is 18.5 Å². The van der Waals surface area contributed by atoms with E-state index in [4.69, 9.17) is 0 Å². The van der Waals surface area contributed by atoms with Gasteiger partial charge in [-0.1, -0.05) is 6.07 Å². The van der Waals surface area contributed by atoms with Crippen LogP contribution in [0.5, 0.6) is 0 Å². The SMILES string of the molecule is CN1CCN(C)C(CNCc2ccc(Br)c(F)c2)C1. The molecule has 5 heteroatoms. The van der Waals surface area contributed by atoms with E-state index in [0.29, 0.717) is 17.1 Å². The highest BCUT2D eigenvalue weighted by molar-refractivity contribution is 9.10. The fraction of sp³-hybridized carbons (Fsp3) is 0.571. The molecule has 0 aliphatic carbocycles. The first-order chi connectivity index (χ1) is 9.06. The van der Waals surface area contributed by atoms with Crippen LogP contribution in [-0.4, -0.2) is 56.1 Å². The molecule has 0 spiro atoms. The minimum absolute atomic E-state index is 0.200. The minimum atomic E-state index is -0.200. The first-order valence-corrected chi connectivity index (χ1v) is 7.39. The second-order valence-corrected chi connectivity index (χ2v) is 6.13. The average Bonchev–Trinajstić information content (AvgIpc) is 2.38. The zero-order valence-corrected chi connectivity index (χ0v) is 13.1. The highest BCUT2D eigenvalue weighted by atomic mass is 79.9. The molecule has 1 saturated heterocycles. The smallest absolute Gasteiger partial charge is 0.137 e. The van der Waals surface area contributed by atoms with E-state index < -0.39 is 0 Å². The molecule has 0 radical (unpaired) electrons. The summed E-state index contributed by atoms with van der Waals surface area (Å²) in [6.45, 7) is 4.95. The molecule has 1 aliphatic rings. The molecule has 1 fully saturated rings. The summed E-state index contributed by atoms with van der Waals surface area (Å²) in [7, 11) is 4.32. The molecule has 0 bridgehead atoms. The standard InChI is InChI=1S/C14H21BrFN3/c1-18-5-6-19(2)12(10-18)9-17-8-11-3-4-13(15)14(16)7-11/h3-4,7,12,17H,5-6,8-10H2,1-2H3. The third-order valence-electron chi connectivity index (χ3n) is 3.67. The van der Waals surface area contributed by atoms with E-state index in [-0.39, 0.29) is 5.82 Å². The van der Waals surface area contributed by atoms with Crippen LogP contribution in [0.25, 0.3) is 0 Å². The Labute approximate surface area is 122 Å². The first kappa shape index (κ1) is 14.9. The van der Waals surface area contributed by atoms with Crippen molar-refractivity contribution in [3.8, 4) is 0 Å². The second kappa shape index (κ2) is 6.79. The molecule has 0 saturated carbocycles. The van der Waals surface area contributed by atoms with E-state index in [9.17, 15) is 4.39 Å². The summed E-state index contributed by atoms with van der Waals surface area (Å²) in [5.41, 5.74) is 0.979. The molecule has 1 aromatic rings. The lowest BCUT2D eigenvalue weighted by Gasteiger charge is -2.37. The van der Waals surface area contributed by atoms with Gasteiger partial charge in [0.25, 0.3) is 0 Å². The minimum Gasteiger partial charge on any atom is -0.311 e. The number of hydrogen-bond acceptors (Lipinski definition) is 3. The predicted molar refractivity (Wildman–Crippen MR) is 79.7 cm³/mol. The van der Waals surface area contributed by atoms with Gasteiger partial charge in [0.15, 0.2) is 0 Å². The van der Waals surface area contributed by atoms with Crippen molar-refractivity contribution >= 4 is 15.9 Å². The first-order valence-electron chi connectivity index (χ1n) is 6.59. The van der Waals surface area contributed by atoms with E-state index in [1.165, 1.54) is 0 Å². The Bertz CT molecular complexity index is 427. The fourth-order valence-electron chi connectivity index (χ4n) is 2.35. The molecule has 19 heavy (non-hydrogen) atoms. The van der Waals surface area contributed by atoms with Crippen LogP contribution in [0.1, 0.15) is 5.56 Å². The van der Waals surface area contributed by atoms with Crippen molar-refractivity contribution in [1.82, 2.24) is 15.1 Å². The Morgan fingerprint density at radius 1 is 1.37 bits per heavy atom. The molecule has 1 aromatic carbocycles. The Hall–Kier alpha value is -0.490. The van der Waals surface area contributed by atoms with Crippen molar-refractivity contribution in [2.75, 3.05) is 40.3 Å². The molecular weight excluding hydrogens is 309 g/mol. The van der Waals surface area contributed by atoms with E-state index in [1.54, 1.807) is 12.1 Å². The lowest BCUT2D eigenvalue weighted by Crippen LogP contribution is -2.53. The molecule has 106 valence electrons. The third kappa shape index (κ3) is 4.24. The zero-order valence-electron chi connectivity index (χ0n) is 11.5. The number of piperazine rings is 1. The number of halogens is 2. The number of hydrogen-bond donors (Lipinski definition) is 1. The van der Waals surface area contributed by atoms with Crippen molar-refractivity contribution in [2.24, 2.45) is 0 Å². The van der Waals surface area contributed by atoms with Crippen LogP contribution in [0, 0.1) is 5.82 Å². The lowest BCUT2D eigenvalue weighted by molar-refractivity contribution is 0.113. The summed E-state index contributed by atoms with van der Waals surface area (Å²) >= 11 is 3.17. The lowest BCUT2D eigenvalue weighted by atomic mass is 10.1. The van der Waals surface area contributed by atoms with Gasteiger partial charge in [-0.15, -0.1) is 0 Å².